The summed E-state index contributed by atoms with van der Waals surface area (Å²) < 4.78 is 36.6. The number of rotatable bonds is 5. The van der Waals surface area contributed by atoms with Crippen molar-refractivity contribution in [2.75, 3.05) is 24.0 Å². The molecule has 7 heteroatoms. The highest BCUT2D eigenvalue weighted by molar-refractivity contribution is 5.91. The first-order valence-corrected chi connectivity index (χ1v) is 7.00. The van der Waals surface area contributed by atoms with Crippen LogP contribution in [-0.4, -0.2) is 19.2 Å². The number of amides is 1. The Balaban J connectivity index is 1.50. The molecule has 1 aliphatic heterocycles. The summed E-state index contributed by atoms with van der Waals surface area (Å²) in [6, 6.07) is 8.32. The van der Waals surface area contributed by atoms with Gasteiger partial charge in [0.25, 0.3) is 0 Å². The molecule has 0 fully saturated rings. The molecule has 0 bridgehead atoms. The van der Waals surface area contributed by atoms with E-state index >= 15 is 0 Å². The Morgan fingerprint density at radius 3 is 2.74 bits per heavy atom. The van der Waals surface area contributed by atoms with Crippen LogP contribution in [0.5, 0.6) is 11.5 Å². The van der Waals surface area contributed by atoms with Gasteiger partial charge in [-0.05, 0) is 24.3 Å². The van der Waals surface area contributed by atoms with E-state index in [1.807, 2.05) is 0 Å². The number of halogens is 2. The van der Waals surface area contributed by atoms with Gasteiger partial charge in [0, 0.05) is 30.8 Å². The zero-order valence-electron chi connectivity index (χ0n) is 12.1. The van der Waals surface area contributed by atoms with Crippen molar-refractivity contribution in [2.24, 2.45) is 0 Å². The van der Waals surface area contributed by atoms with Crippen LogP contribution in [0.3, 0.4) is 0 Å². The molecular weight excluding hydrogens is 306 g/mol. The van der Waals surface area contributed by atoms with Crippen molar-refractivity contribution in [1.82, 2.24) is 0 Å². The van der Waals surface area contributed by atoms with Crippen LogP contribution in [0.15, 0.2) is 36.4 Å². The van der Waals surface area contributed by atoms with Gasteiger partial charge in [0.1, 0.15) is 11.6 Å². The van der Waals surface area contributed by atoms with Gasteiger partial charge in [0.05, 0.1) is 5.69 Å². The summed E-state index contributed by atoms with van der Waals surface area (Å²) in [5.41, 5.74) is 0.745. The second kappa shape index (κ2) is 6.51. The van der Waals surface area contributed by atoms with Gasteiger partial charge in [-0.15, -0.1) is 0 Å². The Bertz CT molecular complexity index is 737. The van der Waals surface area contributed by atoms with E-state index in [2.05, 4.69) is 10.6 Å². The number of carbonyl (C=O) groups excluding carboxylic acids is 1. The monoisotopic (exact) mass is 320 g/mol. The second-order valence-corrected chi connectivity index (χ2v) is 4.92. The molecule has 0 radical (unpaired) electrons. The average Bonchev–Trinajstić information content (AvgIpc) is 2.97. The van der Waals surface area contributed by atoms with Gasteiger partial charge in [-0.3, -0.25) is 4.79 Å². The average molecular weight is 320 g/mol. The second-order valence-electron chi connectivity index (χ2n) is 4.92. The molecule has 5 nitrogen and oxygen atoms in total. The van der Waals surface area contributed by atoms with Crippen LogP contribution < -0.4 is 20.1 Å². The Labute approximate surface area is 131 Å². The molecule has 1 heterocycles. The topological polar surface area (TPSA) is 59.6 Å². The summed E-state index contributed by atoms with van der Waals surface area (Å²) in [4.78, 5) is 11.9. The smallest absolute Gasteiger partial charge is 0.231 e. The summed E-state index contributed by atoms with van der Waals surface area (Å²) in [5, 5.41) is 5.46. The largest absolute Gasteiger partial charge is 0.454 e. The lowest BCUT2D eigenvalue weighted by Crippen LogP contribution is -2.16. The van der Waals surface area contributed by atoms with Crippen LogP contribution >= 0.6 is 0 Å². The summed E-state index contributed by atoms with van der Waals surface area (Å²) in [6.07, 6.45) is 0.130. The third-order valence-electron chi connectivity index (χ3n) is 3.25. The summed E-state index contributed by atoms with van der Waals surface area (Å²) in [7, 11) is 0. The maximum absolute atomic E-state index is 13.4. The molecule has 0 saturated carbocycles. The Kier molecular flexibility index (Phi) is 4.27. The molecule has 120 valence electrons. The van der Waals surface area contributed by atoms with Gasteiger partial charge in [0.2, 0.25) is 12.7 Å². The van der Waals surface area contributed by atoms with Crippen molar-refractivity contribution in [3.63, 3.8) is 0 Å². The zero-order chi connectivity index (χ0) is 16.2. The molecule has 0 atom stereocenters. The molecule has 3 rings (SSSR count). The SMILES string of the molecule is O=C(CCNc1ccc(F)cc1F)Nc1ccc2c(c1)OCO2. The number of benzene rings is 2. The van der Waals surface area contributed by atoms with E-state index in [0.29, 0.717) is 17.2 Å². The van der Waals surface area contributed by atoms with Crippen molar-refractivity contribution < 1.29 is 23.0 Å². The summed E-state index contributed by atoms with van der Waals surface area (Å²) in [5.74, 6) is -0.362. The Morgan fingerprint density at radius 2 is 1.91 bits per heavy atom. The lowest BCUT2D eigenvalue weighted by atomic mass is 10.2. The number of nitrogens with one attached hydrogen (secondary N) is 2. The first kappa shape index (κ1) is 15.1. The fourth-order valence-corrected chi connectivity index (χ4v) is 2.14. The summed E-state index contributed by atoms with van der Waals surface area (Å²) >= 11 is 0. The van der Waals surface area contributed by atoms with Crippen molar-refractivity contribution in [1.29, 1.82) is 0 Å². The molecule has 0 aromatic heterocycles. The number of ether oxygens (including phenoxy) is 2. The van der Waals surface area contributed by atoms with E-state index in [9.17, 15) is 13.6 Å². The minimum atomic E-state index is -0.693. The van der Waals surface area contributed by atoms with Crippen molar-refractivity contribution in [2.45, 2.75) is 6.42 Å². The van der Waals surface area contributed by atoms with Gasteiger partial charge in [-0.25, -0.2) is 8.78 Å². The maximum Gasteiger partial charge on any atom is 0.231 e. The first-order chi connectivity index (χ1) is 11.1. The quantitative estimate of drug-likeness (QED) is 0.888. The molecular formula is C16H14F2N2O3. The van der Waals surface area contributed by atoms with E-state index in [4.69, 9.17) is 9.47 Å². The Morgan fingerprint density at radius 1 is 1.09 bits per heavy atom. The predicted octanol–water partition coefficient (Wildman–Crippen LogP) is 3.13. The van der Waals surface area contributed by atoms with Gasteiger partial charge in [-0.2, -0.15) is 0 Å². The molecule has 0 aliphatic carbocycles. The number of hydrogen-bond donors (Lipinski definition) is 2. The van der Waals surface area contributed by atoms with Gasteiger partial charge in [-0.1, -0.05) is 0 Å². The van der Waals surface area contributed by atoms with E-state index < -0.39 is 11.6 Å². The normalized spacial score (nSPS) is 12.1. The fourth-order valence-electron chi connectivity index (χ4n) is 2.14. The minimum absolute atomic E-state index is 0.130. The van der Waals surface area contributed by atoms with Crippen LogP contribution in [-0.2, 0) is 4.79 Å². The Hall–Kier alpha value is -2.83. The van der Waals surface area contributed by atoms with Crippen LogP contribution in [0.2, 0.25) is 0 Å². The molecule has 2 aromatic rings. The number of fused-ring (bicyclic) bond motifs is 1. The van der Waals surface area contributed by atoms with Gasteiger partial charge in [0.15, 0.2) is 11.5 Å². The third kappa shape index (κ3) is 3.68. The maximum atomic E-state index is 13.4. The van der Waals surface area contributed by atoms with Gasteiger partial charge < -0.3 is 20.1 Å². The van der Waals surface area contributed by atoms with E-state index in [1.54, 1.807) is 18.2 Å². The first-order valence-electron chi connectivity index (χ1n) is 7.00. The molecule has 2 N–H and O–H groups in total. The number of carbonyl (C=O) groups is 1. The highest BCUT2D eigenvalue weighted by Crippen LogP contribution is 2.34. The van der Waals surface area contributed by atoms with E-state index in [1.165, 1.54) is 6.07 Å². The van der Waals surface area contributed by atoms with Crippen LogP contribution in [0, 0.1) is 11.6 Å². The van der Waals surface area contributed by atoms with E-state index in [-0.39, 0.29) is 31.4 Å². The molecule has 0 unspecified atom stereocenters. The van der Waals surface area contributed by atoms with Crippen molar-refractivity contribution >= 4 is 17.3 Å². The molecule has 1 amide bonds. The molecule has 2 aromatic carbocycles. The lowest BCUT2D eigenvalue weighted by Gasteiger charge is -2.09. The standard InChI is InChI=1S/C16H14F2N2O3/c17-10-1-3-13(12(18)7-10)19-6-5-16(21)20-11-2-4-14-15(8-11)23-9-22-14/h1-4,7-8,19H,5-6,9H2,(H,20,21). The minimum Gasteiger partial charge on any atom is -0.454 e. The highest BCUT2D eigenvalue weighted by atomic mass is 19.1. The van der Waals surface area contributed by atoms with Crippen molar-refractivity contribution in [3.8, 4) is 11.5 Å². The fraction of sp³-hybridized carbons (Fsp3) is 0.188. The zero-order valence-corrected chi connectivity index (χ0v) is 12.1. The van der Waals surface area contributed by atoms with Crippen molar-refractivity contribution in [3.05, 3.63) is 48.0 Å². The van der Waals surface area contributed by atoms with Gasteiger partial charge >= 0.3 is 0 Å². The summed E-state index contributed by atoms with van der Waals surface area (Å²) in [6.45, 7) is 0.388. The van der Waals surface area contributed by atoms with Crippen LogP contribution in [0.4, 0.5) is 20.2 Å². The van der Waals surface area contributed by atoms with Crippen LogP contribution in [0.1, 0.15) is 6.42 Å². The molecule has 0 saturated heterocycles. The predicted molar refractivity (Wildman–Crippen MR) is 80.7 cm³/mol. The van der Waals surface area contributed by atoms with E-state index in [0.717, 1.165) is 12.1 Å². The lowest BCUT2D eigenvalue weighted by molar-refractivity contribution is -0.115. The highest BCUT2D eigenvalue weighted by Gasteiger charge is 2.14. The molecule has 23 heavy (non-hydrogen) atoms. The molecule has 0 spiro atoms. The third-order valence-corrected chi connectivity index (χ3v) is 3.25. The molecule has 1 aliphatic rings. The van der Waals surface area contributed by atoms with Crippen LogP contribution in [0.25, 0.3) is 0 Å². The number of anilines is 2. The number of hydrogen-bond acceptors (Lipinski definition) is 4.